The van der Waals surface area contributed by atoms with Crippen molar-refractivity contribution in [3.63, 3.8) is 0 Å². The molecular formula is C22H26BrCl2N3O4S. The maximum atomic E-state index is 13.5. The van der Waals surface area contributed by atoms with Gasteiger partial charge in [0.2, 0.25) is 21.8 Å². The number of nitrogens with zero attached hydrogens (tertiary/aromatic N) is 2. The number of sulfonamides is 1. The average molecular weight is 579 g/mol. The first kappa shape index (κ1) is 27.4. The lowest BCUT2D eigenvalue weighted by atomic mass is 10.1. The van der Waals surface area contributed by atoms with E-state index in [0.717, 1.165) is 10.6 Å². The standard InChI is InChI=1S/C22H26BrCl2N3O4S/c1-4-19(22(30)26-5-2)27(13-15-10-11-16(24)12-18(15)25)21(29)14-28(33(3,31)32)20-9-7-6-8-17(20)23/h6-12,19H,4-5,13-14H2,1-3H3,(H,26,30). The van der Waals surface area contributed by atoms with E-state index >= 15 is 0 Å². The summed E-state index contributed by atoms with van der Waals surface area (Å²) in [6, 6.07) is 10.8. The van der Waals surface area contributed by atoms with Crippen molar-refractivity contribution in [2.45, 2.75) is 32.9 Å². The Morgan fingerprint density at radius 2 is 1.79 bits per heavy atom. The highest BCUT2D eigenvalue weighted by Gasteiger charge is 2.32. The molecule has 0 heterocycles. The number of amides is 2. The van der Waals surface area contributed by atoms with Crippen LogP contribution in [0.15, 0.2) is 46.9 Å². The van der Waals surface area contributed by atoms with E-state index in [2.05, 4.69) is 21.2 Å². The van der Waals surface area contributed by atoms with E-state index < -0.39 is 28.5 Å². The lowest BCUT2D eigenvalue weighted by Crippen LogP contribution is -2.52. The molecule has 2 aromatic carbocycles. The van der Waals surface area contributed by atoms with Crippen LogP contribution in [0.3, 0.4) is 0 Å². The van der Waals surface area contributed by atoms with Crippen LogP contribution < -0.4 is 9.62 Å². The van der Waals surface area contributed by atoms with E-state index in [1.165, 1.54) is 4.90 Å². The highest BCUT2D eigenvalue weighted by Crippen LogP contribution is 2.28. The summed E-state index contributed by atoms with van der Waals surface area (Å²) in [5, 5.41) is 3.52. The maximum absolute atomic E-state index is 13.5. The van der Waals surface area contributed by atoms with E-state index in [1.54, 1.807) is 56.3 Å². The minimum absolute atomic E-state index is 0.0119. The predicted molar refractivity (Wildman–Crippen MR) is 136 cm³/mol. The van der Waals surface area contributed by atoms with Gasteiger partial charge in [0.25, 0.3) is 0 Å². The summed E-state index contributed by atoms with van der Waals surface area (Å²) in [6.07, 6.45) is 1.36. The number of hydrogen-bond acceptors (Lipinski definition) is 4. The molecule has 0 saturated heterocycles. The summed E-state index contributed by atoms with van der Waals surface area (Å²) in [5.41, 5.74) is 0.910. The van der Waals surface area contributed by atoms with Crippen LogP contribution in [-0.4, -0.2) is 50.5 Å². The molecule has 0 aliphatic carbocycles. The second-order valence-corrected chi connectivity index (χ2v) is 10.9. The number of hydrogen-bond donors (Lipinski definition) is 1. The van der Waals surface area contributed by atoms with Crippen LogP contribution in [0.4, 0.5) is 5.69 Å². The van der Waals surface area contributed by atoms with E-state index in [9.17, 15) is 18.0 Å². The Balaban J connectivity index is 2.48. The maximum Gasteiger partial charge on any atom is 0.244 e. The molecule has 1 N–H and O–H groups in total. The molecule has 180 valence electrons. The normalized spacial score (nSPS) is 12.2. The van der Waals surface area contributed by atoms with Gasteiger partial charge >= 0.3 is 0 Å². The van der Waals surface area contributed by atoms with Crippen molar-refractivity contribution in [3.8, 4) is 0 Å². The highest BCUT2D eigenvalue weighted by atomic mass is 79.9. The number of anilines is 1. The van der Waals surface area contributed by atoms with Gasteiger partial charge in [0.05, 0.1) is 11.9 Å². The van der Waals surface area contributed by atoms with Crippen molar-refractivity contribution >= 4 is 66.7 Å². The molecule has 0 radical (unpaired) electrons. The minimum atomic E-state index is -3.81. The predicted octanol–water partition coefficient (Wildman–Crippen LogP) is 4.47. The van der Waals surface area contributed by atoms with E-state index in [1.807, 2.05) is 0 Å². The Morgan fingerprint density at radius 1 is 1.12 bits per heavy atom. The SMILES string of the molecule is CCNC(=O)C(CC)N(Cc1ccc(Cl)cc1Cl)C(=O)CN(c1ccccc1Br)S(C)(=O)=O. The second-order valence-electron chi connectivity index (χ2n) is 7.30. The number of likely N-dealkylation sites (N-methyl/N-ethyl adjacent to an activating group) is 1. The third-order valence-corrected chi connectivity index (χ3v) is 7.28. The molecule has 33 heavy (non-hydrogen) atoms. The van der Waals surface area contributed by atoms with Gasteiger partial charge in [-0.1, -0.05) is 48.3 Å². The van der Waals surface area contributed by atoms with Gasteiger partial charge in [-0.2, -0.15) is 0 Å². The summed E-state index contributed by atoms with van der Waals surface area (Å²) >= 11 is 15.7. The van der Waals surface area contributed by atoms with Crippen LogP contribution in [-0.2, 0) is 26.2 Å². The van der Waals surface area contributed by atoms with Gasteiger partial charge in [0.1, 0.15) is 12.6 Å². The molecule has 2 rings (SSSR count). The van der Waals surface area contributed by atoms with Crippen molar-refractivity contribution in [1.82, 2.24) is 10.2 Å². The van der Waals surface area contributed by atoms with E-state index in [-0.39, 0.29) is 12.5 Å². The quantitative estimate of drug-likeness (QED) is 0.451. The molecule has 0 saturated carbocycles. The van der Waals surface area contributed by atoms with Crippen LogP contribution in [0.5, 0.6) is 0 Å². The first-order chi connectivity index (χ1) is 15.5. The van der Waals surface area contributed by atoms with Crippen molar-refractivity contribution in [2.75, 3.05) is 23.7 Å². The zero-order valence-electron chi connectivity index (χ0n) is 18.5. The van der Waals surface area contributed by atoms with Crippen LogP contribution >= 0.6 is 39.1 Å². The molecule has 0 fully saturated rings. The molecule has 1 unspecified atom stereocenters. The summed E-state index contributed by atoms with van der Waals surface area (Å²) in [4.78, 5) is 27.6. The molecule has 0 aliphatic heterocycles. The number of benzene rings is 2. The van der Waals surface area contributed by atoms with Crippen LogP contribution in [0.2, 0.25) is 10.0 Å². The minimum Gasteiger partial charge on any atom is -0.355 e. The molecule has 0 spiro atoms. The Morgan fingerprint density at radius 3 is 2.33 bits per heavy atom. The summed E-state index contributed by atoms with van der Waals surface area (Å²) in [5.74, 6) is -0.870. The van der Waals surface area contributed by atoms with Crippen molar-refractivity contribution in [1.29, 1.82) is 0 Å². The van der Waals surface area contributed by atoms with Gasteiger partial charge in [-0.3, -0.25) is 13.9 Å². The second kappa shape index (κ2) is 12.1. The Kier molecular flexibility index (Phi) is 10.0. The summed E-state index contributed by atoms with van der Waals surface area (Å²) in [7, 11) is -3.81. The topological polar surface area (TPSA) is 86.8 Å². The first-order valence-corrected chi connectivity index (χ1v) is 13.6. The molecule has 0 bridgehead atoms. The smallest absolute Gasteiger partial charge is 0.244 e. The molecule has 0 aromatic heterocycles. The molecular weight excluding hydrogens is 553 g/mol. The zero-order chi connectivity index (χ0) is 24.8. The average Bonchev–Trinajstić information content (AvgIpc) is 2.73. The number of rotatable bonds is 10. The highest BCUT2D eigenvalue weighted by molar-refractivity contribution is 9.10. The monoisotopic (exact) mass is 577 g/mol. The van der Waals surface area contributed by atoms with E-state index in [0.29, 0.717) is 38.7 Å². The summed E-state index contributed by atoms with van der Waals surface area (Å²) in [6.45, 7) is 3.49. The number of para-hydroxylation sites is 1. The number of nitrogens with one attached hydrogen (secondary N) is 1. The number of halogens is 3. The molecule has 7 nitrogen and oxygen atoms in total. The van der Waals surface area contributed by atoms with Crippen molar-refractivity contribution in [3.05, 3.63) is 62.5 Å². The third kappa shape index (κ3) is 7.34. The van der Waals surface area contributed by atoms with Gasteiger partial charge in [-0.05, 0) is 59.1 Å². The van der Waals surface area contributed by atoms with Crippen molar-refractivity contribution in [2.24, 2.45) is 0 Å². The lowest BCUT2D eigenvalue weighted by molar-refractivity contribution is -0.140. The van der Waals surface area contributed by atoms with Gasteiger partial charge in [-0.15, -0.1) is 0 Å². The van der Waals surface area contributed by atoms with Crippen LogP contribution in [0.25, 0.3) is 0 Å². The van der Waals surface area contributed by atoms with Crippen LogP contribution in [0.1, 0.15) is 25.8 Å². The Hall–Kier alpha value is -1.81. The van der Waals surface area contributed by atoms with Gasteiger partial charge in [0.15, 0.2) is 0 Å². The van der Waals surface area contributed by atoms with Gasteiger partial charge in [-0.25, -0.2) is 8.42 Å². The first-order valence-electron chi connectivity index (χ1n) is 10.2. The fourth-order valence-electron chi connectivity index (χ4n) is 3.29. The fraction of sp³-hybridized carbons (Fsp3) is 0.364. The van der Waals surface area contributed by atoms with E-state index in [4.69, 9.17) is 23.2 Å². The number of carbonyl (C=O) groups is 2. The van der Waals surface area contributed by atoms with Gasteiger partial charge in [0, 0.05) is 27.6 Å². The van der Waals surface area contributed by atoms with Crippen LogP contribution in [0, 0.1) is 0 Å². The molecule has 2 aromatic rings. The van der Waals surface area contributed by atoms with Gasteiger partial charge < -0.3 is 10.2 Å². The third-order valence-electron chi connectivity index (χ3n) is 4.89. The Labute approximate surface area is 213 Å². The lowest BCUT2D eigenvalue weighted by Gasteiger charge is -2.33. The zero-order valence-corrected chi connectivity index (χ0v) is 22.4. The van der Waals surface area contributed by atoms with Crippen molar-refractivity contribution < 1.29 is 18.0 Å². The summed E-state index contributed by atoms with van der Waals surface area (Å²) < 4.78 is 26.7. The molecule has 0 aliphatic rings. The molecule has 2 amide bonds. The molecule has 11 heteroatoms. The largest absolute Gasteiger partial charge is 0.355 e. The fourth-order valence-corrected chi connectivity index (χ4v) is 5.24. The number of carbonyl (C=O) groups excluding carboxylic acids is 2. The molecule has 1 atom stereocenters. The Bertz CT molecular complexity index is 1110.